The van der Waals surface area contributed by atoms with Crippen LogP contribution in [0.4, 0.5) is 8.78 Å². The average molecular weight is 236 g/mol. The van der Waals surface area contributed by atoms with Gasteiger partial charge in [-0.05, 0) is 30.4 Å². The van der Waals surface area contributed by atoms with Gasteiger partial charge in [0.15, 0.2) is 0 Å². The SMILES string of the molecule is FC(F)/C1=C/C(c2ccccc2)CCCCC1. The van der Waals surface area contributed by atoms with E-state index in [4.69, 9.17) is 0 Å². The third kappa shape index (κ3) is 3.39. The lowest BCUT2D eigenvalue weighted by Gasteiger charge is -2.19. The molecule has 0 spiro atoms. The summed E-state index contributed by atoms with van der Waals surface area (Å²) >= 11 is 0. The van der Waals surface area contributed by atoms with E-state index in [-0.39, 0.29) is 5.92 Å². The first kappa shape index (κ1) is 12.3. The van der Waals surface area contributed by atoms with E-state index in [2.05, 4.69) is 0 Å². The van der Waals surface area contributed by atoms with Crippen molar-refractivity contribution in [3.8, 4) is 0 Å². The highest BCUT2D eigenvalue weighted by Gasteiger charge is 2.17. The van der Waals surface area contributed by atoms with Gasteiger partial charge in [-0.15, -0.1) is 0 Å². The van der Waals surface area contributed by atoms with E-state index >= 15 is 0 Å². The number of alkyl halides is 2. The van der Waals surface area contributed by atoms with Gasteiger partial charge in [-0.1, -0.05) is 49.2 Å². The van der Waals surface area contributed by atoms with Crippen molar-refractivity contribution >= 4 is 0 Å². The summed E-state index contributed by atoms with van der Waals surface area (Å²) in [7, 11) is 0. The predicted octanol–water partition coefficient (Wildman–Crippen LogP) is 4.93. The summed E-state index contributed by atoms with van der Waals surface area (Å²) in [6.45, 7) is 0. The molecule has 0 aliphatic heterocycles. The summed E-state index contributed by atoms with van der Waals surface area (Å²) in [5.74, 6) is 0.167. The molecule has 0 amide bonds. The first-order valence-electron chi connectivity index (χ1n) is 6.31. The first-order valence-corrected chi connectivity index (χ1v) is 6.31. The molecule has 92 valence electrons. The molecule has 0 aromatic heterocycles. The van der Waals surface area contributed by atoms with E-state index in [0.29, 0.717) is 12.0 Å². The number of hydrogen-bond acceptors (Lipinski definition) is 0. The van der Waals surface area contributed by atoms with Crippen LogP contribution in [-0.2, 0) is 0 Å². The van der Waals surface area contributed by atoms with Crippen molar-refractivity contribution in [3.63, 3.8) is 0 Å². The van der Waals surface area contributed by atoms with Crippen LogP contribution in [0.1, 0.15) is 43.6 Å². The van der Waals surface area contributed by atoms with Crippen molar-refractivity contribution in [3.05, 3.63) is 47.5 Å². The second-order valence-electron chi connectivity index (χ2n) is 4.66. The van der Waals surface area contributed by atoms with Crippen LogP contribution in [0, 0.1) is 0 Å². The summed E-state index contributed by atoms with van der Waals surface area (Å²) in [4.78, 5) is 0. The van der Waals surface area contributed by atoms with Gasteiger partial charge in [0.25, 0.3) is 6.43 Å². The van der Waals surface area contributed by atoms with Crippen molar-refractivity contribution in [2.45, 2.75) is 44.4 Å². The molecule has 1 aromatic carbocycles. The van der Waals surface area contributed by atoms with Crippen LogP contribution in [0.3, 0.4) is 0 Å². The van der Waals surface area contributed by atoms with Gasteiger partial charge < -0.3 is 0 Å². The highest BCUT2D eigenvalue weighted by atomic mass is 19.3. The zero-order valence-electron chi connectivity index (χ0n) is 9.91. The maximum atomic E-state index is 12.9. The van der Waals surface area contributed by atoms with Crippen LogP contribution in [0.25, 0.3) is 0 Å². The quantitative estimate of drug-likeness (QED) is 0.639. The van der Waals surface area contributed by atoms with E-state index in [9.17, 15) is 8.78 Å². The molecule has 17 heavy (non-hydrogen) atoms. The van der Waals surface area contributed by atoms with Gasteiger partial charge in [0.2, 0.25) is 0 Å². The molecular formula is C15H18F2. The van der Waals surface area contributed by atoms with Gasteiger partial charge >= 0.3 is 0 Å². The molecule has 0 saturated heterocycles. The van der Waals surface area contributed by atoms with E-state index < -0.39 is 6.43 Å². The van der Waals surface area contributed by atoms with Gasteiger partial charge in [0, 0.05) is 5.92 Å². The minimum absolute atomic E-state index is 0.167. The fourth-order valence-corrected chi connectivity index (χ4v) is 2.44. The van der Waals surface area contributed by atoms with Crippen molar-refractivity contribution in [1.29, 1.82) is 0 Å². The van der Waals surface area contributed by atoms with Crippen molar-refractivity contribution < 1.29 is 8.78 Å². The largest absolute Gasteiger partial charge is 0.259 e. The molecule has 0 bridgehead atoms. The molecule has 0 heterocycles. The Morgan fingerprint density at radius 2 is 1.76 bits per heavy atom. The fraction of sp³-hybridized carbons (Fsp3) is 0.467. The highest BCUT2D eigenvalue weighted by Crippen LogP contribution is 2.31. The molecule has 2 rings (SSSR count). The maximum Gasteiger partial charge on any atom is 0.259 e. The molecular weight excluding hydrogens is 218 g/mol. The van der Waals surface area contributed by atoms with Gasteiger partial charge in [-0.3, -0.25) is 0 Å². The third-order valence-corrected chi connectivity index (χ3v) is 3.40. The molecule has 1 aliphatic carbocycles. The number of halogens is 2. The van der Waals surface area contributed by atoms with Gasteiger partial charge in [-0.25, -0.2) is 8.78 Å². The highest BCUT2D eigenvalue weighted by molar-refractivity contribution is 5.26. The Hall–Kier alpha value is -1.18. The van der Waals surface area contributed by atoms with Crippen molar-refractivity contribution in [2.24, 2.45) is 0 Å². The summed E-state index contributed by atoms with van der Waals surface area (Å²) in [6, 6.07) is 9.98. The summed E-state index contributed by atoms with van der Waals surface area (Å²) in [6.07, 6.45) is 4.15. The second-order valence-corrected chi connectivity index (χ2v) is 4.66. The van der Waals surface area contributed by atoms with E-state index in [1.807, 2.05) is 30.3 Å². The van der Waals surface area contributed by atoms with Crippen LogP contribution in [0.2, 0.25) is 0 Å². The Kier molecular flexibility index (Phi) is 4.29. The number of benzene rings is 1. The van der Waals surface area contributed by atoms with Crippen LogP contribution in [-0.4, -0.2) is 6.43 Å². The van der Waals surface area contributed by atoms with Crippen LogP contribution < -0.4 is 0 Å². The fourth-order valence-electron chi connectivity index (χ4n) is 2.44. The van der Waals surface area contributed by atoms with Crippen LogP contribution >= 0.6 is 0 Å². The minimum atomic E-state index is -2.29. The molecule has 1 aliphatic rings. The van der Waals surface area contributed by atoms with Gasteiger partial charge in [0.1, 0.15) is 0 Å². The lowest BCUT2D eigenvalue weighted by molar-refractivity contribution is 0.182. The molecule has 2 heteroatoms. The normalized spacial score (nSPS) is 24.9. The lowest BCUT2D eigenvalue weighted by atomic mass is 9.88. The number of hydrogen-bond donors (Lipinski definition) is 0. The zero-order chi connectivity index (χ0) is 12.1. The van der Waals surface area contributed by atoms with Gasteiger partial charge in [-0.2, -0.15) is 0 Å². The standard InChI is InChI=1S/C15H18F2/c16-15(17)14-10-6-2-5-9-13(11-14)12-7-3-1-4-8-12/h1,3-4,7-8,11,13,15H,2,5-6,9-10H2/b14-11+. The zero-order valence-corrected chi connectivity index (χ0v) is 9.91. The van der Waals surface area contributed by atoms with Crippen molar-refractivity contribution in [2.75, 3.05) is 0 Å². The predicted molar refractivity (Wildman–Crippen MR) is 66.4 cm³/mol. The van der Waals surface area contributed by atoms with Crippen molar-refractivity contribution in [1.82, 2.24) is 0 Å². The topological polar surface area (TPSA) is 0 Å². The Balaban J connectivity index is 2.23. The second kappa shape index (κ2) is 5.95. The number of rotatable bonds is 2. The van der Waals surface area contributed by atoms with Gasteiger partial charge in [0.05, 0.1) is 0 Å². The molecule has 0 radical (unpaired) electrons. The summed E-state index contributed by atoms with van der Waals surface area (Å²) in [5, 5.41) is 0. The Morgan fingerprint density at radius 1 is 1.00 bits per heavy atom. The summed E-state index contributed by atoms with van der Waals surface area (Å²) in [5.41, 5.74) is 1.49. The number of allylic oxidation sites excluding steroid dienone is 2. The first-order chi connectivity index (χ1) is 8.27. The van der Waals surface area contributed by atoms with E-state index in [1.54, 1.807) is 6.08 Å². The van der Waals surface area contributed by atoms with Crippen LogP contribution in [0.5, 0.6) is 0 Å². The molecule has 0 N–H and O–H groups in total. The smallest absolute Gasteiger partial charge is 0.205 e. The molecule has 0 fully saturated rings. The Morgan fingerprint density at radius 3 is 2.47 bits per heavy atom. The van der Waals surface area contributed by atoms with E-state index in [0.717, 1.165) is 31.2 Å². The molecule has 1 aromatic rings. The molecule has 1 unspecified atom stereocenters. The summed E-state index contributed by atoms with van der Waals surface area (Å²) < 4.78 is 25.7. The minimum Gasteiger partial charge on any atom is -0.205 e. The lowest BCUT2D eigenvalue weighted by Crippen LogP contribution is -2.05. The Bertz CT molecular complexity index is 368. The molecule has 1 atom stereocenters. The average Bonchev–Trinajstić information content (AvgIpc) is 2.29. The third-order valence-electron chi connectivity index (χ3n) is 3.40. The maximum absolute atomic E-state index is 12.9. The van der Waals surface area contributed by atoms with E-state index in [1.165, 1.54) is 0 Å². The Labute approximate surface area is 101 Å². The molecule has 0 nitrogen and oxygen atoms in total. The van der Waals surface area contributed by atoms with Crippen LogP contribution in [0.15, 0.2) is 42.0 Å². The molecule has 0 saturated carbocycles. The monoisotopic (exact) mass is 236 g/mol.